The number of rotatable bonds is 4. The largest absolute Gasteiger partial charge is 0.354 e. The van der Waals surface area contributed by atoms with E-state index in [1.165, 1.54) is 6.42 Å². The second-order valence-electron chi connectivity index (χ2n) is 3.97. The van der Waals surface area contributed by atoms with Crippen LogP contribution in [0.5, 0.6) is 0 Å². The first-order valence-corrected chi connectivity index (χ1v) is 6.64. The van der Waals surface area contributed by atoms with Crippen LogP contribution in [0.1, 0.15) is 24.3 Å². The molecule has 1 saturated heterocycles. The van der Waals surface area contributed by atoms with Crippen molar-refractivity contribution in [3.63, 3.8) is 0 Å². The lowest BCUT2D eigenvalue weighted by atomic mass is 10.0. The third-order valence-electron chi connectivity index (χ3n) is 2.75. The highest BCUT2D eigenvalue weighted by Gasteiger charge is 2.19. The molecule has 16 heavy (non-hydrogen) atoms. The van der Waals surface area contributed by atoms with Gasteiger partial charge in [-0.05, 0) is 19.4 Å². The fraction of sp³-hybridized carbons (Fsp3) is 0.636. The Bertz CT molecular complexity index is 320. The Labute approximate surface area is 99.5 Å². The fourth-order valence-corrected chi connectivity index (χ4v) is 2.49. The molecule has 1 atom stereocenters. The summed E-state index contributed by atoms with van der Waals surface area (Å²) in [6, 6.07) is 0.0186. The lowest BCUT2D eigenvalue weighted by Gasteiger charge is -2.22. The molecule has 88 valence electrons. The molecule has 0 aliphatic carbocycles. The molecule has 1 aliphatic heterocycles. The molecular formula is C11H17N3OS. The summed E-state index contributed by atoms with van der Waals surface area (Å²) in [6.45, 7) is 1.65. The molecule has 5 heteroatoms. The number of nitrogens with zero attached hydrogens (tertiary/aromatic N) is 1. The van der Waals surface area contributed by atoms with Gasteiger partial charge in [-0.2, -0.15) is 0 Å². The Hall–Kier alpha value is -0.940. The van der Waals surface area contributed by atoms with Crippen molar-refractivity contribution in [2.24, 2.45) is 0 Å². The molecule has 1 unspecified atom stereocenters. The van der Waals surface area contributed by atoms with Gasteiger partial charge >= 0.3 is 0 Å². The number of carbonyl (C=O) groups excluding carboxylic acids is 1. The summed E-state index contributed by atoms with van der Waals surface area (Å²) >= 11 is 1.63. The van der Waals surface area contributed by atoms with E-state index >= 15 is 0 Å². The highest BCUT2D eigenvalue weighted by Crippen LogP contribution is 2.07. The van der Waals surface area contributed by atoms with Crippen molar-refractivity contribution in [1.82, 2.24) is 15.6 Å². The quantitative estimate of drug-likeness (QED) is 0.822. The van der Waals surface area contributed by atoms with Gasteiger partial charge in [-0.1, -0.05) is 6.42 Å². The van der Waals surface area contributed by atoms with Crippen molar-refractivity contribution in [3.8, 4) is 0 Å². The zero-order valence-electron chi connectivity index (χ0n) is 9.24. The molecule has 1 aliphatic rings. The van der Waals surface area contributed by atoms with Crippen LogP contribution in [0, 0.1) is 0 Å². The number of carbonyl (C=O) groups is 1. The second kappa shape index (κ2) is 5.96. The first kappa shape index (κ1) is 11.5. The predicted molar refractivity (Wildman–Crippen MR) is 64.5 cm³/mol. The smallest absolute Gasteiger partial charge is 0.237 e. The Balaban J connectivity index is 1.67. The minimum absolute atomic E-state index is 0.0186. The number of thiazole rings is 1. The van der Waals surface area contributed by atoms with Crippen molar-refractivity contribution in [3.05, 3.63) is 16.6 Å². The lowest BCUT2D eigenvalue weighted by Crippen LogP contribution is -2.47. The zero-order valence-corrected chi connectivity index (χ0v) is 10.1. The maximum atomic E-state index is 11.7. The maximum absolute atomic E-state index is 11.7. The van der Waals surface area contributed by atoms with Crippen molar-refractivity contribution in [1.29, 1.82) is 0 Å². The van der Waals surface area contributed by atoms with Crippen LogP contribution < -0.4 is 10.6 Å². The second-order valence-corrected chi connectivity index (χ2v) is 4.95. The lowest BCUT2D eigenvalue weighted by molar-refractivity contribution is -0.123. The third kappa shape index (κ3) is 3.28. The molecule has 2 heterocycles. The molecule has 0 spiro atoms. The monoisotopic (exact) mass is 239 g/mol. The molecule has 1 aromatic rings. The Morgan fingerprint density at radius 2 is 2.56 bits per heavy atom. The van der Waals surface area contributed by atoms with Crippen molar-refractivity contribution in [2.45, 2.75) is 31.7 Å². The number of amides is 1. The van der Waals surface area contributed by atoms with E-state index in [0.29, 0.717) is 6.54 Å². The van der Waals surface area contributed by atoms with Crippen molar-refractivity contribution >= 4 is 17.2 Å². The topological polar surface area (TPSA) is 54.0 Å². The van der Waals surface area contributed by atoms with Crippen LogP contribution in [0.4, 0.5) is 0 Å². The molecule has 0 radical (unpaired) electrons. The normalized spacial score (nSPS) is 20.6. The standard InChI is InChI=1S/C11H17N3OS/c15-11(9-3-1-2-5-12-9)14-6-4-10-13-7-8-16-10/h7-9,12H,1-6H2,(H,14,15). The summed E-state index contributed by atoms with van der Waals surface area (Å²) in [7, 11) is 0. The zero-order chi connectivity index (χ0) is 11.2. The van der Waals surface area contributed by atoms with Gasteiger partial charge in [0, 0.05) is 24.5 Å². The minimum atomic E-state index is 0.0186. The Morgan fingerprint density at radius 3 is 3.25 bits per heavy atom. The Morgan fingerprint density at radius 1 is 1.62 bits per heavy atom. The van der Waals surface area contributed by atoms with Gasteiger partial charge in [0.25, 0.3) is 0 Å². The van der Waals surface area contributed by atoms with Gasteiger partial charge in [-0.15, -0.1) is 11.3 Å². The highest BCUT2D eigenvalue weighted by atomic mass is 32.1. The van der Waals surface area contributed by atoms with Crippen LogP contribution in [0.3, 0.4) is 0 Å². The average molecular weight is 239 g/mol. The number of hydrogen-bond acceptors (Lipinski definition) is 4. The van der Waals surface area contributed by atoms with Crippen LogP contribution in [-0.4, -0.2) is 30.0 Å². The summed E-state index contributed by atoms with van der Waals surface area (Å²) in [5.74, 6) is 0.135. The maximum Gasteiger partial charge on any atom is 0.237 e. The molecular weight excluding hydrogens is 222 g/mol. The van der Waals surface area contributed by atoms with Gasteiger partial charge < -0.3 is 10.6 Å². The number of hydrogen-bond donors (Lipinski definition) is 2. The molecule has 0 aromatic carbocycles. The van der Waals surface area contributed by atoms with Crippen LogP contribution in [-0.2, 0) is 11.2 Å². The van der Waals surface area contributed by atoms with E-state index in [-0.39, 0.29) is 11.9 Å². The molecule has 0 bridgehead atoms. The molecule has 4 nitrogen and oxygen atoms in total. The molecule has 2 rings (SSSR count). The van der Waals surface area contributed by atoms with Crippen molar-refractivity contribution < 1.29 is 4.79 Å². The summed E-state index contributed by atoms with van der Waals surface area (Å²) in [5, 5.41) is 9.23. The SMILES string of the molecule is O=C(NCCc1nccs1)C1CCCCN1. The number of piperidine rings is 1. The van der Waals surface area contributed by atoms with Crippen molar-refractivity contribution in [2.75, 3.05) is 13.1 Å². The minimum Gasteiger partial charge on any atom is -0.354 e. The molecule has 2 N–H and O–H groups in total. The van der Waals surface area contributed by atoms with Crippen LogP contribution in [0.25, 0.3) is 0 Å². The summed E-state index contributed by atoms with van der Waals surface area (Å²) in [5.41, 5.74) is 0. The van der Waals surface area contributed by atoms with E-state index in [1.54, 1.807) is 17.5 Å². The van der Waals surface area contributed by atoms with Gasteiger partial charge in [-0.25, -0.2) is 4.98 Å². The summed E-state index contributed by atoms with van der Waals surface area (Å²) in [6.07, 6.45) is 5.92. The first-order valence-electron chi connectivity index (χ1n) is 5.76. The van der Waals surface area contributed by atoms with E-state index < -0.39 is 0 Å². The molecule has 1 fully saturated rings. The first-order chi connectivity index (χ1) is 7.86. The summed E-state index contributed by atoms with van der Waals surface area (Å²) in [4.78, 5) is 15.9. The average Bonchev–Trinajstić information content (AvgIpc) is 2.83. The van der Waals surface area contributed by atoms with E-state index in [2.05, 4.69) is 15.6 Å². The predicted octanol–water partition coefficient (Wildman–Crippen LogP) is 0.944. The molecule has 0 saturated carbocycles. The van der Waals surface area contributed by atoms with E-state index in [9.17, 15) is 4.79 Å². The van der Waals surface area contributed by atoms with Gasteiger partial charge in [-0.3, -0.25) is 4.79 Å². The molecule has 1 amide bonds. The van der Waals surface area contributed by atoms with Gasteiger partial charge in [0.05, 0.1) is 11.0 Å². The summed E-state index contributed by atoms with van der Waals surface area (Å²) < 4.78 is 0. The van der Waals surface area contributed by atoms with E-state index in [4.69, 9.17) is 0 Å². The van der Waals surface area contributed by atoms with Gasteiger partial charge in [0.1, 0.15) is 0 Å². The number of nitrogens with one attached hydrogen (secondary N) is 2. The van der Waals surface area contributed by atoms with Crippen LogP contribution in [0.15, 0.2) is 11.6 Å². The van der Waals surface area contributed by atoms with Gasteiger partial charge in [0.2, 0.25) is 5.91 Å². The third-order valence-corrected chi connectivity index (χ3v) is 3.59. The van der Waals surface area contributed by atoms with E-state index in [1.807, 2.05) is 5.38 Å². The highest BCUT2D eigenvalue weighted by molar-refractivity contribution is 7.09. The Kier molecular flexibility index (Phi) is 4.30. The van der Waals surface area contributed by atoms with Crippen LogP contribution >= 0.6 is 11.3 Å². The van der Waals surface area contributed by atoms with Gasteiger partial charge in [0.15, 0.2) is 0 Å². The number of aromatic nitrogens is 1. The van der Waals surface area contributed by atoms with Crippen LogP contribution in [0.2, 0.25) is 0 Å². The fourth-order valence-electron chi connectivity index (χ4n) is 1.87. The molecule has 1 aromatic heterocycles. The van der Waals surface area contributed by atoms with E-state index in [0.717, 1.165) is 30.8 Å².